The highest BCUT2D eigenvalue weighted by atomic mass is 32.2. The van der Waals surface area contributed by atoms with Gasteiger partial charge < -0.3 is 11.1 Å². The van der Waals surface area contributed by atoms with Gasteiger partial charge in [-0.15, -0.1) is 0 Å². The first-order chi connectivity index (χ1) is 7.98. The fourth-order valence-electron chi connectivity index (χ4n) is 1.69. The molecule has 1 aliphatic heterocycles. The standard InChI is InChI=1S/C9H12N4O3S/c10-8-7(11-2-3-12-8)9(14)13-6-1-4-17(15,16)5-6/h2-3,6H,1,4-5H2,(H2,10,12)(H,13,14). The molecule has 0 bridgehead atoms. The van der Waals surface area contributed by atoms with E-state index >= 15 is 0 Å². The molecule has 1 fully saturated rings. The third-order valence-electron chi connectivity index (χ3n) is 2.51. The maximum absolute atomic E-state index is 11.7. The van der Waals surface area contributed by atoms with Gasteiger partial charge in [0, 0.05) is 18.4 Å². The number of hydrogen-bond donors (Lipinski definition) is 2. The van der Waals surface area contributed by atoms with E-state index in [9.17, 15) is 13.2 Å². The van der Waals surface area contributed by atoms with Gasteiger partial charge in [-0.2, -0.15) is 0 Å². The second-order valence-corrected chi connectivity index (χ2v) is 6.09. The van der Waals surface area contributed by atoms with Crippen LogP contribution in [0.25, 0.3) is 0 Å². The van der Waals surface area contributed by atoms with Crippen LogP contribution in [-0.4, -0.2) is 41.8 Å². The number of carbonyl (C=O) groups is 1. The molecule has 1 unspecified atom stereocenters. The van der Waals surface area contributed by atoms with Crippen LogP contribution in [0.4, 0.5) is 5.82 Å². The smallest absolute Gasteiger partial charge is 0.273 e. The van der Waals surface area contributed by atoms with E-state index in [2.05, 4.69) is 15.3 Å². The maximum atomic E-state index is 11.7. The first kappa shape index (κ1) is 11.8. The number of aromatic nitrogens is 2. The quantitative estimate of drug-likeness (QED) is 0.699. The largest absolute Gasteiger partial charge is 0.382 e. The van der Waals surface area contributed by atoms with E-state index in [1.165, 1.54) is 12.4 Å². The number of amides is 1. The van der Waals surface area contributed by atoms with E-state index in [0.29, 0.717) is 6.42 Å². The van der Waals surface area contributed by atoms with Crippen LogP contribution < -0.4 is 11.1 Å². The lowest BCUT2D eigenvalue weighted by atomic mass is 10.2. The van der Waals surface area contributed by atoms with E-state index in [1.54, 1.807) is 0 Å². The van der Waals surface area contributed by atoms with Crippen molar-refractivity contribution in [3.63, 3.8) is 0 Å². The third-order valence-corrected chi connectivity index (χ3v) is 4.28. The van der Waals surface area contributed by atoms with Crippen molar-refractivity contribution in [3.8, 4) is 0 Å². The van der Waals surface area contributed by atoms with Gasteiger partial charge in [0.05, 0.1) is 11.5 Å². The molecule has 0 saturated carbocycles. The van der Waals surface area contributed by atoms with Crippen LogP contribution in [0.5, 0.6) is 0 Å². The highest BCUT2D eigenvalue weighted by Gasteiger charge is 2.29. The second kappa shape index (κ2) is 4.28. The number of anilines is 1. The van der Waals surface area contributed by atoms with E-state index in [0.717, 1.165) is 0 Å². The van der Waals surface area contributed by atoms with Gasteiger partial charge in [-0.3, -0.25) is 4.79 Å². The van der Waals surface area contributed by atoms with Crippen molar-refractivity contribution in [1.82, 2.24) is 15.3 Å². The van der Waals surface area contributed by atoms with Crippen molar-refractivity contribution in [2.24, 2.45) is 0 Å². The SMILES string of the molecule is Nc1nccnc1C(=O)NC1CCS(=O)(=O)C1. The van der Waals surface area contributed by atoms with E-state index in [4.69, 9.17) is 5.73 Å². The number of sulfone groups is 1. The van der Waals surface area contributed by atoms with Crippen molar-refractivity contribution in [1.29, 1.82) is 0 Å². The Hall–Kier alpha value is -1.70. The van der Waals surface area contributed by atoms with Crippen LogP contribution in [0.15, 0.2) is 12.4 Å². The number of nitrogens with zero attached hydrogens (tertiary/aromatic N) is 2. The van der Waals surface area contributed by atoms with Gasteiger partial charge >= 0.3 is 0 Å². The Morgan fingerprint density at radius 2 is 2.12 bits per heavy atom. The topological polar surface area (TPSA) is 115 Å². The number of carbonyl (C=O) groups excluding carboxylic acids is 1. The van der Waals surface area contributed by atoms with Crippen molar-refractivity contribution < 1.29 is 13.2 Å². The molecule has 0 spiro atoms. The average Bonchev–Trinajstić information content (AvgIpc) is 2.58. The predicted octanol–water partition coefficient (Wildman–Crippen LogP) is -1.02. The summed E-state index contributed by atoms with van der Waals surface area (Å²) < 4.78 is 22.4. The normalized spacial score (nSPS) is 22.2. The third kappa shape index (κ3) is 2.70. The molecule has 1 aromatic heterocycles. The maximum Gasteiger partial charge on any atom is 0.273 e. The van der Waals surface area contributed by atoms with Gasteiger partial charge in [0.1, 0.15) is 0 Å². The summed E-state index contributed by atoms with van der Waals surface area (Å²) in [5, 5.41) is 2.59. The number of nitrogens with two attached hydrogens (primary N) is 1. The number of nitrogens with one attached hydrogen (secondary N) is 1. The Morgan fingerprint density at radius 3 is 2.71 bits per heavy atom. The molecule has 3 N–H and O–H groups in total. The molecular weight excluding hydrogens is 244 g/mol. The van der Waals surface area contributed by atoms with Crippen molar-refractivity contribution in [3.05, 3.63) is 18.1 Å². The van der Waals surface area contributed by atoms with Crippen LogP contribution in [0.1, 0.15) is 16.9 Å². The molecule has 0 radical (unpaired) electrons. The molecule has 0 aromatic carbocycles. The Morgan fingerprint density at radius 1 is 1.41 bits per heavy atom. The minimum atomic E-state index is -3.02. The Kier molecular flexibility index (Phi) is 2.97. The summed E-state index contributed by atoms with van der Waals surface area (Å²) in [5.74, 6) is -0.379. The zero-order valence-corrected chi connectivity index (χ0v) is 9.77. The Bertz CT molecular complexity index is 543. The molecule has 1 aliphatic rings. The number of hydrogen-bond acceptors (Lipinski definition) is 6. The van der Waals surface area contributed by atoms with E-state index in [1.807, 2.05) is 0 Å². The molecule has 2 rings (SSSR count). The zero-order valence-electron chi connectivity index (χ0n) is 8.96. The van der Waals surface area contributed by atoms with Crippen molar-refractivity contribution >= 4 is 21.6 Å². The summed E-state index contributed by atoms with van der Waals surface area (Å²) in [5.41, 5.74) is 5.52. The second-order valence-electron chi connectivity index (χ2n) is 3.86. The van der Waals surface area contributed by atoms with Gasteiger partial charge in [-0.25, -0.2) is 18.4 Å². The van der Waals surface area contributed by atoms with E-state index < -0.39 is 15.7 Å². The molecule has 1 saturated heterocycles. The number of rotatable bonds is 2. The Balaban J connectivity index is 2.06. The lowest BCUT2D eigenvalue weighted by molar-refractivity contribution is 0.0937. The van der Waals surface area contributed by atoms with Crippen LogP contribution in [0.3, 0.4) is 0 Å². The van der Waals surface area contributed by atoms with Crippen LogP contribution in [-0.2, 0) is 9.84 Å². The fourth-order valence-corrected chi connectivity index (χ4v) is 3.36. The summed E-state index contributed by atoms with van der Waals surface area (Å²) in [7, 11) is -3.02. The molecule has 92 valence electrons. The molecule has 17 heavy (non-hydrogen) atoms. The minimum Gasteiger partial charge on any atom is -0.382 e. The molecule has 8 heteroatoms. The van der Waals surface area contributed by atoms with Gasteiger partial charge in [-0.1, -0.05) is 0 Å². The summed E-state index contributed by atoms with van der Waals surface area (Å²) in [6, 6.07) is -0.367. The highest BCUT2D eigenvalue weighted by molar-refractivity contribution is 7.91. The van der Waals surface area contributed by atoms with Gasteiger partial charge in [0.15, 0.2) is 21.3 Å². The van der Waals surface area contributed by atoms with Crippen LogP contribution in [0.2, 0.25) is 0 Å². The van der Waals surface area contributed by atoms with Crippen molar-refractivity contribution in [2.75, 3.05) is 17.2 Å². The molecule has 1 amide bonds. The lowest BCUT2D eigenvalue weighted by Crippen LogP contribution is -2.36. The van der Waals surface area contributed by atoms with E-state index in [-0.39, 0.29) is 29.1 Å². The monoisotopic (exact) mass is 256 g/mol. The Labute approximate surface area is 98.4 Å². The van der Waals surface area contributed by atoms with Crippen LogP contribution >= 0.6 is 0 Å². The zero-order chi connectivity index (χ0) is 12.5. The average molecular weight is 256 g/mol. The molecule has 7 nitrogen and oxygen atoms in total. The van der Waals surface area contributed by atoms with Crippen LogP contribution in [0, 0.1) is 0 Å². The summed E-state index contributed by atoms with van der Waals surface area (Å²) in [6.07, 6.45) is 3.16. The van der Waals surface area contributed by atoms with Crippen molar-refractivity contribution in [2.45, 2.75) is 12.5 Å². The first-order valence-corrected chi connectivity index (χ1v) is 6.88. The number of nitrogen functional groups attached to an aromatic ring is 1. The summed E-state index contributed by atoms with van der Waals surface area (Å²) >= 11 is 0. The lowest BCUT2D eigenvalue weighted by Gasteiger charge is -2.10. The highest BCUT2D eigenvalue weighted by Crippen LogP contribution is 2.12. The molecule has 1 aromatic rings. The fraction of sp³-hybridized carbons (Fsp3) is 0.444. The summed E-state index contributed by atoms with van der Waals surface area (Å²) in [6.45, 7) is 0. The molecule has 0 aliphatic carbocycles. The minimum absolute atomic E-state index is 0.0248. The molecule has 2 heterocycles. The van der Waals surface area contributed by atoms with Gasteiger partial charge in [-0.05, 0) is 6.42 Å². The predicted molar refractivity (Wildman–Crippen MR) is 61.0 cm³/mol. The molecule has 1 atom stereocenters. The van der Waals surface area contributed by atoms with Gasteiger partial charge in [0.2, 0.25) is 0 Å². The first-order valence-electron chi connectivity index (χ1n) is 5.06. The summed E-state index contributed by atoms with van der Waals surface area (Å²) in [4.78, 5) is 19.3. The van der Waals surface area contributed by atoms with Gasteiger partial charge in [0.25, 0.3) is 5.91 Å². The molecular formula is C9H12N4O3S.